The van der Waals surface area contributed by atoms with Crippen LogP contribution in [0.3, 0.4) is 0 Å². The number of aromatic nitrogens is 1. The van der Waals surface area contributed by atoms with Crippen molar-refractivity contribution in [3.8, 4) is 0 Å². The topological polar surface area (TPSA) is 36.1 Å². The Morgan fingerprint density at radius 1 is 1.27 bits per heavy atom. The average Bonchev–Trinajstić information content (AvgIpc) is 3.11. The van der Waals surface area contributed by atoms with Crippen LogP contribution in [-0.2, 0) is 17.8 Å². The number of H-pyrrole nitrogens is 1. The summed E-state index contributed by atoms with van der Waals surface area (Å²) in [6.45, 7) is 0.615. The van der Waals surface area contributed by atoms with Crippen LogP contribution in [0.5, 0.6) is 0 Å². The highest BCUT2D eigenvalue weighted by molar-refractivity contribution is 7.16. The first-order chi connectivity index (χ1) is 10.6. The van der Waals surface area contributed by atoms with Crippen LogP contribution in [-0.4, -0.2) is 22.8 Å². The van der Waals surface area contributed by atoms with Gasteiger partial charge in [-0.25, -0.2) is 0 Å². The predicted octanol–water partition coefficient (Wildman–Crippen LogP) is 4.47. The van der Waals surface area contributed by atoms with Crippen LogP contribution >= 0.6 is 22.9 Å². The van der Waals surface area contributed by atoms with Crippen molar-refractivity contribution in [2.45, 2.75) is 19.4 Å². The van der Waals surface area contributed by atoms with Crippen molar-refractivity contribution in [2.24, 2.45) is 0 Å². The monoisotopic (exact) mass is 332 g/mol. The summed E-state index contributed by atoms with van der Waals surface area (Å²) in [6.07, 6.45) is 3.26. The Hall–Kier alpha value is -1.78. The van der Waals surface area contributed by atoms with Gasteiger partial charge in [-0.3, -0.25) is 4.79 Å². The van der Waals surface area contributed by atoms with Crippen molar-refractivity contribution in [3.05, 3.63) is 57.4 Å². The van der Waals surface area contributed by atoms with Gasteiger partial charge in [-0.15, -0.1) is 11.3 Å². The van der Waals surface area contributed by atoms with Crippen molar-refractivity contribution in [1.82, 2.24) is 9.88 Å². The lowest BCUT2D eigenvalue weighted by molar-refractivity contribution is -0.130. The van der Waals surface area contributed by atoms with E-state index in [4.69, 9.17) is 11.6 Å². The first kappa shape index (κ1) is 15.1. The normalized spacial score (nSPS) is 11.0. The van der Waals surface area contributed by atoms with E-state index in [9.17, 15) is 4.79 Å². The summed E-state index contributed by atoms with van der Waals surface area (Å²) in [4.78, 5) is 18.4. The molecule has 0 radical (unpaired) electrons. The number of benzene rings is 1. The van der Waals surface area contributed by atoms with Crippen LogP contribution in [0.4, 0.5) is 0 Å². The third-order valence-electron chi connectivity index (χ3n) is 3.73. The molecule has 3 nitrogen and oxygen atoms in total. The Labute approximate surface area is 138 Å². The molecule has 3 aromatic rings. The first-order valence-electron chi connectivity index (χ1n) is 7.16. The van der Waals surface area contributed by atoms with Gasteiger partial charge < -0.3 is 9.88 Å². The molecule has 0 bridgehead atoms. The van der Waals surface area contributed by atoms with E-state index in [1.807, 2.05) is 43.6 Å². The number of carbonyl (C=O) groups is 1. The van der Waals surface area contributed by atoms with Gasteiger partial charge in [0.2, 0.25) is 5.91 Å². The number of carbonyl (C=O) groups excluding carboxylic acids is 1. The number of rotatable bonds is 5. The minimum Gasteiger partial charge on any atom is -0.361 e. The standard InChI is InChI=1S/C17H17ClN2OS/c1-20(11-13-7-8-16(18)22-13)17(21)9-6-12-10-19-15-5-3-2-4-14(12)15/h2-5,7-8,10,19H,6,9,11H2,1H3. The highest BCUT2D eigenvalue weighted by atomic mass is 35.5. The van der Waals surface area contributed by atoms with E-state index < -0.39 is 0 Å². The molecule has 0 atom stereocenters. The summed E-state index contributed by atoms with van der Waals surface area (Å²) in [5, 5.41) is 1.20. The van der Waals surface area contributed by atoms with Gasteiger partial charge in [-0.2, -0.15) is 0 Å². The van der Waals surface area contributed by atoms with Gasteiger partial charge in [0.25, 0.3) is 0 Å². The molecule has 0 saturated heterocycles. The van der Waals surface area contributed by atoms with Crippen molar-refractivity contribution in [1.29, 1.82) is 0 Å². The van der Waals surface area contributed by atoms with Crippen molar-refractivity contribution >= 4 is 39.7 Å². The number of halogens is 1. The molecule has 0 aliphatic carbocycles. The van der Waals surface area contributed by atoms with Crippen LogP contribution < -0.4 is 0 Å². The Morgan fingerprint density at radius 3 is 2.86 bits per heavy atom. The molecule has 5 heteroatoms. The van der Waals surface area contributed by atoms with E-state index in [0.29, 0.717) is 13.0 Å². The van der Waals surface area contributed by atoms with Gasteiger partial charge in [0.15, 0.2) is 0 Å². The largest absolute Gasteiger partial charge is 0.361 e. The Kier molecular flexibility index (Phi) is 4.50. The number of hydrogen-bond acceptors (Lipinski definition) is 2. The fourth-order valence-electron chi connectivity index (χ4n) is 2.53. The van der Waals surface area contributed by atoms with E-state index in [2.05, 4.69) is 11.1 Å². The molecule has 2 aromatic heterocycles. The number of fused-ring (bicyclic) bond motifs is 1. The third-order valence-corrected chi connectivity index (χ3v) is 4.95. The number of nitrogens with zero attached hydrogens (tertiary/aromatic N) is 1. The summed E-state index contributed by atoms with van der Waals surface area (Å²) in [5.41, 5.74) is 2.31. The molecule has 0 fully saturated rings. The molecule has 1 N–H and O–H groups in total. The molecule has 114 valence electrons. The lowest BCUT2D eigenvalue weighted by atomic mass is 10.1. The second-order valence-corrected chi connectivity index (χ2v) is 7.11. The Bertz CT molecular complexity index is 793. The number of nitrogens with one attached hydrogen (secondary N) is 1. The molecule has 0 unspecified atom stereocenters. The number of amides is 1. The zero-order chi connectivity index (χ0) is 15.5. The summed E-state index contributed by atoms with van der Waals surface area (Å²) in [5.74, 6) is 0.148. The van der Waals surface area contributed by atoms with Gasteiger partial charge in [-0.05, 0) is 30.2 Å². The Morgan fingerprint density at radius 2 is 2.09 bits per heavy atom. The van der Waals surface area contributed by atoms with Gasteiger partial charge in [0.05, 0.1) is 10.9 Å². The Balaban J connectivity index is 1.59. The molecule has 22 heavy (non-hydrogen) atoms. The molecule has 0 spiro atoms. The lowest BCUT2D eigenvalue weighted by Gasteiger charge is -2.16. The molecule has 3 rings (SSSR count). The number of hydrogen-bond donors (Lipinski definition) is 1. The molecule has 0 aliphatic rings. The van der Waals surface area contributed by atoms with Crippen LogP contribution in [0.1, 0.15) is 16.9 Å². The quantitative estimate of drug-likeness (QED) is 0.735. The summed E-state index contributed by atoms with van der Waals surface area (Å²) >= 11 is 7.44. The van der Waals surface area contributed by atoms with E-state index >= 15 is 0 Å². The zero-order valence-corrected chi connectivity index (χ0v) is 13.9. The van der Waals surface area contributed by atoms with E-state index in [0.717, 1.165) is 21.2 Å². The van der Waals surface area contributed by atoms with E-state index in [1.54, 1.807) is 4.90 Å². The maximum atomic E-state index is 12.3. The number of thiophene rings is 1. The highest BCUT2D eigenvalue weighted by Crippen LogP contribution is 2.23. The first-order valence-corrected chi connectivity index (χ1v) is 8.36. The minimum atomic E-state index is 0.148. The molecule has 0 saturated carbocycles. The van der Waals surface area contributed by atoms with Gasteiger partial charge in [0, 0.05) is 35.4 Å². The molecular formula is C17H17ClN2OS. The lowest BCUT2D eigenvalue weighted by Crippen LogP contribution is -2.25. The van der Waals surface area contributed by atoms with Crippen molar-refractivity contribution in [3.63, 3.8) is 0 Å². The van der Waals surface area contributed by atoms with E-state index in [-0.39, 0.29) is 5.91 Å². The minimum absolute atomic E-state index is 0.148. The SMILES string of the molecule is CN(Cc1ccc(Cl)s1)C(=O)CCc1c[nH]c2ccccc12. The molecular weight excluding hydrogens is 316 g/mol. The molecule has 0 aliphatic heterocycles. The van der Waals surface area contributed by atoms with Crippen molar-refractivity contribution < 1.29 is 4.79 Å². The van der Waals surface area contributed by atoms with Crippen molar-refractivity contribution in [2.75, 3.05) is 7.05 Å². The summed E-state index contributed by atoms with van der Waals surface area (Å²) in [7, 11) is 1.84. The van der Waals surface area contributed by atoms with Crippen LogP contribution in [0.15, 0.2) is 42.6 Å². The third kappa shape index (κ3) is 3.34. The molecule has 2 heterocycles. The smallest absolute Gasteiger partial charge is 0.222 e. The van der Waals surface area contributed by atoms with Crippen LogP contribution in [0.2, 0.25) is 4.34 Å². The number of aryl methyl sites for hydroxylation is 1. The fraction of sp³-hybridized carbons (Fsp3) is 0.235. The average molecular weight is 333 g/mol. The maximum absolute atomic E-state index is 12.3. The highest BCUT2D eigenvalue weighted by Gasteiger charge is 2.12. The summed E-state index contributed by atoms with van der Waals surface area (Å²) < 4.78 is 0.759. The number of aromatic amines is 1. The second kappa shape index (κ2) is 6.55. The van der Waals surface area contributed by atoms with Crippen LogP contribution in [0, 0.1) is 0 Å². The maximum Gasteiger partial charge on any atom is 0.222 e. The zero-order valence-electron chi connectivity index (χ0n) is 12.3. The fourth-order valence-corrected chi connectivity index (χ4v) is 3.67. The van der Waals surface area contributed by atoms with E-state index in [1.165, 1.54) is 22.3 Å². The molecule has 1 amide bonds. The van der Waals surface area contributed by atoms with Gasteiger partial charge >= 0.3 is 0 Å². The summed E-state index contributed by atoms with van der Waals surface area (Å²) in [6, 6.07) is 12.0. The number of para-hydroxylation sites is 1. The second-order valence-electron chi connectivity index (χ2n) is 5.32. The van der Waals surface area contributed by atoms with Crippen LogP contribution in [0.25, 0.3) is 10.9 Å². The molecule has 1 aromatic carbocycles. The predicted molar refractivity (Wildman–Crippen MR) is 92.4 cm³/mol. The van der Waals surface area contributed by atoms with Gasteiger partial charge in [0.1, 0.15) is 0 Å². The van der Waals surface area contributed by atoms with Gasteiger partial charge in [-0.1, -0.05) is 29.8 Å².